The van der Waals surface area contributed by atoms with Crippen molar-refractivity contribution in [1.82, 2.24) is 9.97 Å². The molecule has 14 heavy (non-hydrogen) atoms. The van der Waals surface area contributed by atoms with Crippen molar-refractivity contribution in [2.75, 3.05) is 11.4 Å². The van der Waals surface area contributed by atoms with Gasteiger partial charge in [0, 0.05) is 18.7 Å². The molecule has 1 aromatic heterocycles. The molecule has 1 aliphatic heterocycles. The third-order valence-corrected chi connectivity index (χ3v) is 3.05. The van der Waals surface area contributed by atoms with Gasteiger partial charge in [-0.25, -0.2) is 9.97 Å². The van der Waals surface area contributed by atoms with E-state index in [1.807, 2.05) is 0 Å². The fourth-order valence-corrected chi connectivity index (χ4v) is 1.90. The van der Waals surface area contributed by atoms with Crippen molar-refractivity contribution in [3.63, 3.8) is 0 Å². The van der Waals surface area contributed by atoms with E-state index in [0.29, 0.717) is 17.8 Å². The van der Waals surface area contributed by atoms with E-state index in [0.717, 1.165) is 13.0 Å². The molecule has 0 bridgehead atoms. The normalized spacial score (nSPS) is 26.9. The smallest absolute Gasteiger partial charge is 0.218 e. The first kappa shape index (κ1) is 9.37. The molecule has 1 aromatic rings. The molecule has 0 aliphatic carbocycles. The van der Waals surface area contributed by atoms with Crippen molar-refractivity contribution in [1.29, 1.82) is 0 Å². The lowest BCUT2D eigenvalue weighted by atomic mass is 10.1. The van der Waals surface area contributed by atoms with Crippen LogP contribution in [0.2, 0.25) is 0 Å². The topological polar surface area (TPSA) is 29.0 Å². The summed E-state index contributed by atoms with van der Waals surface area (Å²) < 4.78 is 12.9. The van der Waals surface area contributed by atoms with Crippen LogP contribution in [0.25, 0.3) is 0 Å². The van der Waals surface area contributed by atoms with Crippen LogP contribution in [0.5, 0.6) is 0 Å². The highest BCUT2D eigenvalue weighted by Crippen LogP contribution is 2.27. The third-order valence-electron chi connectivity index (χ3n) is 3.05. The second kappa shape index (κ2) is 3.52. The molecular formula is C10H14FN3. The molecular weight excluding hydrogens is 181 g/mol. The Morgan fingerprint density at radius 2 is 2.21 bits per heavy atom. The standard InChI is InChI=1S/C10H14FN3/c1-7-3-4-14(8(7)2)10-5-9(11)12-6-13-10/h5-8H,3-4H2,1-2H3. The molecule has 3 nitrogen and oxygen atoms in total. The average Bonchev–Trinajstić information content (AvgIpc) is 2.48. The summed E-state index contributed by atoms with van der Waals surface area (Å²) in [5.41, 5.74) is 0. The number of hydrogen-bond donors (Lipinski definition) is 0. The minimum Gasteiger partial charge on any atom is -0.353 e. The van der Waals surface area contributed by atoms with Crippen LogP contribution in [0.1, 0.15) is 20.3 Å². The number of anilines is 1. The molecule has 2 heterocycles. The Bertz CT molecular complexity index is 329. The highest BCUT2D eigenvalue weighted by atomic mass is 19.1. The number of nitrogens with zero attached hydrogens (tertiary/aromatic N) is 3. The Kier molecular flexibility index (Phi) is 2.35. The van der Waals surface area contributed by atoms with Crippen LogP contribution >= 0.6 is 0 Å². The third kappa shape index (κ3) is 1.56. The highest BCUT2D eigenvalue weighted by molar-refractivity contribution is 5.39. The summed E-state index contributed by atoms with van der Waals surface area (Å²) in [6.45, 7) is 5.32. The highest BCUT2D eigenvalue weighted by Gasteiger charge is 2.28. The lowest BCUT2D eigenvalue weighted by molar-refractivity contribution is 0.540. The van der Waals surface area contributed by atoms with Crippen LogP contribution in [-0.2, 0) is 0 Å². The SMILES string of the molecule is CC1CCN(c2cc(F)ncn2)C1C. The number of halogens is 1. The van der Waals surface area contributed by atoms with E-state index in [9.17, 15) is 4.39 Å². The zero-order valence-electron chi connectivity index (χ0n) is 8.44. The molecule has 0 radical (unpaired) electrons. The van der Waals surface area contributed by atoms with Crippen molar-refractivity contribution in [3.05, 3.63) is 18.3 Å². The molecule has 2 rings (SSSR count). The lowest BCUT2D eigenvalue weighted by Crippen LogP contribution is -2.29. The van der Waals surface area contributed by atoms with E-state index < -0.39 is 5.95 Å². The van der Waals surface area contributed by atoms with Gasteiger partial charge in [-0.05, 0) is 19.3 Å². The molecule has 0 amide bonds. The molecule has 4 heteroatoms. The van der Waals surface area contributed by atoms with Crippen molar-refractivity contribution >= 4 is 5.82 Å². The van der Waals surface area contributed by atoms with Crippen LogP contribution < -0.4 is 4.90 Å². The quantitative estimate of drug-likeness (QED) is 0.640. The summed E-state index contributed by atoms with van der Waals surface area (Å²) in [6.07, 6.45) is 2.42. The summed E-state index contributed by atoms with van der Waals surface area (Å²) in [6, 6.07) is 1.83. The first-order valence-corrected chi connectivity index (χ1v) is 4.92. The van der Waals surface area contributed by atoms with Crippen LogP contribution in [0, 0.1) is 11.9 Å². The molecule has 1 aliphatic rings. The van der Waals surface area contributed by atoms with Crippen LogP contribution in [0.3, 0.4) is 0 Å². The van der Waals surface area contributed by atoms with E-state index in [2.05, 4.69) is 28.7 Å². The lowest BCUT2D eigenvalue weighted by Gasteiger charge is -2.23. The first-order valence-electron chi connectivity index (χ1n) is 4.92. The summed E-state index contributed by atoms with van der Waals surface area (Å²) in [5, 5.41) is 0. The van der Waals surface area contributed by atoms with Gasteiger partial charge in [0.2, 0.25) is 5.95 Å². The van der Waals surface area contributed by atoms with E-state index >= 15 is 0 Å². The summed E-state index contributed by atoms with van der Waals surface area (Å²) in [5.74, 6) is 0.893. The van der Waals surface area contributed by atoms with Crippen molar-refractivity contribution in [3.8, 4) is 0 Å². The molecule has 2 unspecified atom stereocenters. The van der Waals surface area contributed by atoms with Gasteiger partial charge in [0.05, 0.1) is 0 Å². The average molecular weight is 195 g/mol. The Morgan fingerprint density at radius 3 is 2.79 bits per heavy atom. The zero-order valence-corrected chi connectivity index (χ0v) is 8.44. The van der Waals surface area contributed by atoms with E-state index in [-0.39, 0.29) is 0 Å². The molecule has 1 saturated heterocycles. The van der Waals surface area contributed by atoms with Crippen molar-refractivity contribution in [2.24, 2.45) is 5.92 Å². The Morgan fingerprint density at radius 1 is 1.43 bits per heavy atom. The fourth-order valence-electron chi connectivity index (χ4n) is 1.90. The molecule has 0 saturated carbocycles. The van der Waals surface area contributed by atoms with E-state index in [1.54, 1.807) is 0 Å². The van der Waals surface area contributed by atoms with Crippen LogP contribution in [0.15, 0.2) is 12.4 Å². The fraction of sp³-hybridized carbons (Fsp3) is 0.600. The maximum absolute atomic E-state index is 12.9. The first-order chi connectivity index (χ1) is 6.68. The van der Waals surface area contributed by atoms with Gasteiger partial charge in [0.1, 0.15) is 12.1 Å². The molecule has 0 aromatic carbocycles. The summed E-state index contributed by atoms with van der Waals surface area (Å²) >= 11 is 0. The maximum atomic E-state index is 12.9. The second-order valence-corrected chi connectivity index (χ2v) is 3.90. The van der Waals surface area contributed by atoms with Gasteiger partial charge in [-0.3, -0.25) is 0 Å². The van der Waals surface area contributed by atoms with Gasteiger partial charge < -0.3 is 4.90 Å². The van der Waals surface area contributed by atoms with Gasteiger partial charge in [0.15, 0.2) is 0 Å². The van der Waals surface area contributed by atoms with E-state index in [4.69, 9.17) is 0 Å². The minimum atomic E-state index is -0.457. The van der Waals surface area contributed by atoms with Crippen molar-refractivity contribution in [2.45, 2.75) is 26.3 Å². The Hall–Kier alpha value is -1.19. The zero-order chi connectivity index (χ0) is 10.1. The van der Waals surface area contributed by atoms with Gasteiger partial charge in [-0.1, -0.05) is 6.92 Å². The summed E-state index contributed by atoms with van der Waals surface area (Å²) in [4.78, 5) is 9.67. The number of rotatable bonds is 1. The minimum absolute atomic E-state index is 0.435. The molecule has 76 valence electrons. The predicted molar refractivity (Wildman–Crippen MR) is 52.6 cm³/mol. The maximum Gasteiger partial charge on any atom is 0.218 e. The van der Waals surface area contributed by atoms with Crippen LogP contribution in [-0.4, -0.2) is 22.6 Å². The van der Waals surface area contributed by atoms with Gasteiger partial charge in [-0.15, -0.1) is 0 Å². The molecule has 2 atom stereocenters. The van der Waals surface area contributed by atoms with Gasteiger partial charge in [-0.2, -0.15) is 4.39 Å². The number of aromatic nitrogens is 2. The largest absolute Gasteiger partial charge is 0.353 e. The Labute approximate surface area is 83.0 Å². The predicted octanol–water partition coefficient (Wildman–Crippen LogP) is 1.85. The van der Waals surface area contributed by atoms with Crippen molar-refractivity contribution < 1.29 is 4.39 Å². The van der Waals surface area contributed by atoms with Crippen LogP contribution in [0.4, 0.5) is 10.2 Å². The van der Waals surface area contributed by atoms with Gasteiger partial charge in [0.25, 0.3) is 0 Å². The summed E-state index contributed by atoms with van der Waals surface area (Å²) in [7, 11) is 0. The second-order valence-electron chi connectivity index (χ2n) is 3.90. The van der Waals surface area contributed by atoms with Gasteiger partial charge >= 0.3 is 0 Å². The van der Waals surface area contributed by atoms with E-state index in [1.165, 1.54) is 12.4 Å². The molecule has 0 N–H and O–H groups in total. The Balaban J connectivity index is 2.23. The molecule has 0 spiro atoms. The number of hydrogen-bond acceptors (Lipinski definition) is 3. The molecule has 1 fully saturated rings. The monoisotopic (exact) mass is 195 g/mol.